The van der Waals surface area contributed by atoms with Gasteiger partial charge in [0, 0.05) is 24.3 Å². The Balaban J connectivity index is 1.53. The Morgan fingerprint density at radius 1 is 1.07 bits per heavy atom. The first-order valence-corrected chi connectivity index (χ1v) is 9.32. The van der Waals surface area contributed by atoms with E-state index in [4.69, 9.17) is 5.73 Å². The van der Waals surface area contributed by atoms with Crippen molar-refractivity contribution in [3.8, 4) is 0 Å². The summed E-state index contributed by atoms with van der Waals surface area (Å²) in [6.45, 7) is 7.03. The first-order valence-electron chi connectivity index (χ1n) is 9.32. The number of nitrogen functional groups attached to an aromatic ring is 1. The van der Waals surface area contributed by atoms with Gasteiger partial charge in [0.2, 0.25) is 0 Å². The lowest BCUT2D eigenvalue weighted by molar-refractivity contribution is 0.0952. The fraction of sp³-hybridized carbons (Fsp3) is 0.227. The fourth-order valence-corrected chi connectivity index (χ4v) is 3.60. The fourth-order valence-electron chi connectivity index (χ4n) is 3.60. The first kappa shape index (κ1) is 18.0. The number of amides is 1. The number of nitrogens with zero attached hydrogens (tertiary/aromatic N) is 3. The molecular formula is C22H23N5O. The largest absolute Gasteiger partial charge is 0.382 e. The molecular weight excluding hydrogens is 350 g/mol. The lowest BCUT2D eigenvalue weighted by atomic mass is 10.1. The number of nitrogens with one attached hydrogen (secondary N) is 1. The smallest absolute Gasteiger partial charge is 0.251 e. The minimum Gasteiger partial charge on any atom is -0.382 e. The standard InChI is InChI=1S/C22H23N5O/c1-13-14(2)25-21(23)19-20(13)27(15(3)26-19)11-10-24-22(28)18-9-8-16-6-4-5-7-17(16)12-18/h4-9,12H,10-11H2,1-3H3,(H2,23,25)(H,24,28). The van der Waals surface area contributed by atoms with Crippen LogP contribution >= 0.6 is 0 Å². The van der Waals surface area contributed by atoms with Crippen LogP contribution in [0, 0.1) is 20.8 Å². The zero-order chi connectivity index (χ0) is 19.8. The zero-order valence-electron chi connectivity index (χ0n) is 16.3. The molecule has 4 rings (SSSR count). The Morgan fingerprint density at radius 3 is 2.61 bits per heavy atom. The highest BCUT2D eigenvalue weighted by Crippen LogP contribution is 2.25. The van der Waals surface area contributed by atoms with Gasteiger partial charge >= 0.3 is 0 Å². The maximum absolute atomic E-state index is 12.6. The Kier molecular flexibility index (Phi) is 4.47. The highest BCUT2D eigenvalue weighted by atomic mass is 16.1. The van der Waals surface area contributed by atoms with Gasteiger partial charge in [-0.2, -0.15) is 0 Å². The van der Waals surface area contributed by atoms with Gasteiger partial charge in [-0.05, 0) is 49.2 Å². The normalized spacial score (nSPS) is 11.2. The van der Waals surface area contributed by atoms with Crippen LogP contribution in [0.2, 0.25) is 0 Å². The van der Waals surface area contributed by atoms with Crippen molar-refractivity contribution in [3.05, 3.63) is 65.1 Å². The van der Waals surface area contributed by atoms with Gasteiger partial charge in [0.25, 0.3) is 5.91 Å². The van der Waals surface area contributed by atoms with E-state index in [1.807, 2.05) is 63.2 Å². The van der Waals surface area contributed by atoms with Crippen LogP contribution in [0.3, 0.4) is 0 Å². The van der Waals surface area contributed by atoms with Crippen LogP contribution < -0.4 is 11.1 Å². The number of nitrogens with two attached hydrogens (primary N) is 1. The average molecular weight is 373 g/mol. The van der Waals surface area contributed by atoms with Crippen molar-refractivity contribution >= 4 is 33.5 Å². The second-order valence-electron chi connectivity index (χ2n) is 7.03. The molecule has 28 heavy (non-hydrogen) atoms. The average Bonchev–Trinajstić information content (AvgIpc) is 3.03. The molecule has 0 spiro atoms. The monoisotopic (exact) mass is 373 g/mol. The molecule has 0 saturated heterocycles. The number of imidazole rings is 1. The van der Waals surface area contributed by atoms with Crippen LogP contribution in [0.5, 0.6) is 0 Å². The van der Waals surface area contributed by atoms with Crippen molar-refractivity contribution in [1.29, 1.82) is 0 Å². The third-order valence-electron chi connectivity index (χ3n) is 5.22. The molecule has 6 heteroatoms. The quantitative estimate of drug-likeness (QED) is 0.573. The maximum atomic E-state index is 12.6. The summed E-state index contributed by atoms with van der Waals surface area (Å²) in [5, 5.41) is 5.19. The number of carbonyl (C=O) groups is 1. The molecule has 0 unspecified atom stereocenters. The Hall–Kier alpha value is -3.41. The van der Waals surface area contributed by atoms with E-state index < -0.39 is 0 Å². The van der Waals surface area contributed by atoms with Crippen LogP contribution in [0.4, 0.5) is 5.82 Å². The third-order valence-corrected chi connectivity index (χ3v) is 5.22. The number of rotatable bonds is 4. The van der Waals surface area contributed by atoms with E-state index in [0.29, 0.717) is 24.5 Å². The lowest BCUT2D eigenvalue weighted by Crippen LogP contribution is -2.27. The number of aryl methyl sites for hydroxylation is 3. The van der Waals surface area contributed by atoms with Crippen molar-refractivity contribution in [3.63, 3.8) is 0 Å². The lowest BCUT2D eigenvalue weighted by Gasteiger charge is -2.11. The van der Waals surface area contributed by atoms with E-state index >= 15 is 0 Å². The molecule has 0 radical (unpaired) electrons. The summed E-state index contributed by atoms with van der Waals surface area (Å²) >= 11 is 0. The Morgan fingerprint density at radius 2 is 1.82 bits per heavy atom. The molecule has 6 nitrogen and oxygen atoms in total. The number of fused-ring (bicyclic) bond motifs is 2. The topological polar surface area (TPSA) is 85.8 Å². The Bertz CT molecular complexity index is 1210. The van der Waals surface area contributed by atoms with Crippen LogP contribution in [0.25, 0.3) is 21.8 Å². The third kappa shape index (κ3) is 3.07. The molecule has 3 N–H and O–H groups in total. The summed E-state index contributed by atoms with van der Waals surface area (Å²) in [4.78, 5) is 21.5. The minimum absolute atomic E-state index is 0.0816. The molecule has 0 fully saturated rings. The molecule has 2 heterocycles. The van der Waals surface area contributed by atoms with Crippen LogP contribution in [0.1, 0.15) is 27.4 Å². The van der Waals surface area contributed by atoms with Gasteiger partial charge < -0.3 is 15.6 Å². The van der Waals surface area contributed by atoms with Gasteiger partial charge in [0.15, 0.2) is 5.82 Å². The van der Waals surface area contributed by atoms with Crippen LogP contribution in [0.15, 0.2) is 42.5 Å². The van der Waals surface area contributed by atoms with Gasteiger partial charge in [-0.3, -0.25) is 4.79 Å². The summed E-state index contributed by atoms with van der Waals surface area (Å²) in [5.41, 5.74) is 10.4. The summed E-state index contributed by atoms with van der Waals surface area (Å²) in [7, 11) is 0. The van der Waals surface area contributed by atoms with Crippen molar-refractivity contribution < 1.29 is 4.79 Å². The molecule has 0 aliphatic heterocycles. The van der Waals surface area contributed by atoms with Crippen molar-refractivity contribution in [2.45, 2.75) is 27.3 Å². The molecule has 2 aromatic carbocycles. The van der Waals surface area contributed by atoms with E-state index in [1.165, 1.54) is 0 Å². The number of anilines is 1. The summed E-state index contributed by atoms with van der Waals surface area (Å²) < 4.78 is 2.09. The van der Waals surface area contributed by atoms with E-state index in [0.717, 1.165) is 38.9 Å². The van der Waals surface area contributed by atoms with Crippen LogP contribution in [-0.4, -0.2) is 27.0 Å². The second-order valence-corrected chi connectivity index (χ2v) is 7.03. The number of hydrogen-bond donors (Lipinski definition) is 2. The van der Waals surface area contributed by atoms with Gasteiger partial charge in [0.05, 0.1) is 5.52 Å². The molecule has 4 aromatic rings. The van der Waals surface area contributed by atoms with Gasteiger partial charge in [-0.15, -0.1) is 0 Å². The van der Waals surface area contributed by atoms with Gasteiger partial charge in [-0.1, -0.05) is 30.3 Å². The van der Waals surface area contributed by atoms with Crippen LogP contribution in [-0.2, 0) is 6.54 Å². The van der Waals surface area contributed by atoms with E-state index in [9.17, 15) is 4.79 Å². The molecule has 0 aliphatic carbocycles. The predicted molar refractivity (Wildman–Crippen MR) is 112 cm³/mol. The number of aromatic nitrogens is 3. The van der Waals surface area contributed by atoms with Gasteiger partial charge in [0.1, 0.15) is 11.3 Å². The number of hydrogen-bond acceptors (Lipinski definition) is 4. The minimum atomic E-state index is -0.0816. The summed E-state index contributed by atoms with van der Waals surface area (Å²) in [6.07, 6.45) is 0. The molecule has 142 valence electrons. The molecule has 0 bridgehead atoms. The second kappa shape index (κ2) is 6.96. The molecule has 0 aliphatic rings. The number of benzene rings is 2. The number of carbonyl (C=O) groups excluding carboxylic acids is 1. The highest BCUT2D eigenvalue weighted by Gasteiger charge is 2.15. The zero-order valence-corrected chi connectivity index (χ0v) is 16.3. The molecule has 0 saturated carbocycles. The van der Waals surface area contributed by atoms with E-state index in [1.54, 1.807) is 0 Å². The van der Waals surface area contributed by atoms with Crippen molar-refractivity contribution in [1.82, 2.24) is 19.9 Å². The first-order chi connectivity index (χ1) is 13.5. The molecule has 2 aromatic heterocycles. The van der Waals surface area contributed by atoms with E-state index in [-0.39, 0.29) is 5.91 Å². The molecule has 0 atom stereocenters. The maximum Gasteiger partial charge on any atom is 0.251 e. The van der Waals surface area contributed by atoms with E-state index in [2.05, 4.69) is 19.9 Å². The SMILES string of the molecule is Cc1nc(N)c2nc(C)n(CCNC(=O)c3ccc4ccccc4c3)c2c1C. The summed E-state index contributed by atoms with van der Waals surface area (Å²) in [6, 6.07) is 13.8. The molecule has 1 amide bonds. The van der Waals surface area contributed by atoms with Crippen molar-refractivity contribution in [2.24, 2.45) is 0 Å². The summed E-state index contributed by atoms with van der Waals surface area (Å²) in [5.74, 6) is 1.22. The predicted octanol–water partition coefficient (Wildman–Crippen LogP) is 3.52. The highest BCUT2D eigenvalue weighted by molar-refractivity contribution is 5.98. The Labute approximate surface area is 163 Å². The number of pyridine rings is 1. The van der Waals surface area contributed by atoms with Crippen molar-refractivity contribution in [2.75, 3.05) is 12.3 Å². The van der Waals surface area contributed by atoms with Gasteiger partial charge in [-0.25, -0.2) is 9.97 Å².